The second-order valence-corrected chi connectivity index (χ2v) is 12.3. The van der Waals surface area contributed by atoms with E-state index in [1.165, 1.54) is 25.7 Å². The minimum absolute atomic E-state index is 0.211. The van der Waals surface area contributed by atoms with Crippen LogP contribution in [0.2, 0.25) is 0 Å². The normalized spacial score (nSPS) is 23.6. The lowest BCUT2D eigenvalue weighted by molar-refractivity contribution is -0.302. The molecule has 0 aromatic carbocycles. The van der Waals surface area contributed by atoms with Crippen molar-refractivity contribution >= 4 is 5.91 Å². The number of allylic oxidation sites excluding steroid dienone is 9. The number of carbonyl (C=O) groups excluding carboxylic acids is 1. The Morgan fingerprint density at radius 3 is 2.00 bits per heavy atom. The monoisotopic (exact) mass is 663 g/mol. The molecule has 47 heavy (non-hydrogen) atoms. The first-order valence-electron chi connectivity index (χ1n) is 18.0. The SMILES string of the molecule is C/C=C/CC/C=C/CC/C=C/C(O)C(COC1OC(CO)C(O)C(O)C1O)NC(=O)CCCCCCCC/C=C\C=C/CCCCC. The zero-order chi connectivity index (χ0) is 34.5. The molecule has 7 unspecified atom stereocenters. The van der Waals surface area contributed by atoms with Crippen molar-refractivity contribution in [2.45, 2.75) is 159 Å². The van der Waals surface area contributed by atoms with Gasteiger partial charge < -0.3 is 40.3 Å². The summed E-state index contributed by atoms with van der Waals surface area (Å²) in [6.45, 7) is 3.43. The van der Waals surface area contributed by atoms with Crippen LogP contribution in [0, 0.1) is 0 Å². The van der Waals surface area contributed by atoms with Gasteiger partial charge in [0.25, 0.3) is 0 Å². The van der Waals surface area contributed by atoms with Crippen LogP contribution >= 0.6 is 0 Å². The standard InChI is InChI=1S/C38H65NO8/c1-3-5-7-9-11-13-14-15-16-17-18-20-22-24-26-28-34(42)39-31(32(41)27-25-23-21-19-12-10-8-6-4-2)30-46-38-37(45)36(44)35(43)33(29-40)47-38/h4,6,11-15,19,25,27,31-33,35-38,40-41,43-45H,3,5,7-10,16-18,20-24,26,28-30H2,1-2H3,(H,39,42)/b6-4+,13-11-,15-14-,19-12+,27-25+. The minimum atomic E-state index is -1.58. The number of unbranched alkanes of at least 4 members (excludes halogenated alkanes) is 11. The van der Waals surface area contributed by atoms with E-state index in [1.807, 2.05) is 19.1 Å². The number of rotatable bonds is 27. The van der Waals surface area contributed by atoms with Gasteiger partial charge in [-0.05, 0) is 64.7 Å². The van der Waals surface area contributed by atoms with Gasteiger partial charge >= 0.3 is 0 Å². The molecule has 0 saturated carbocycles. The van der Waals surface area contributed by atoms with Gasteiger partial charge in [0.15, 0.2) is 6.29 Å². The van der Waals surface area contributed by atoms with Gasteiger partial charge in [0.2, 0.25) is 5.91 Å². The fourth-order valence-corrected chi connectivity index (χ4v) is 5.18. The third kappa shape index (κ3) is 20.8. The number of hydrogen-bond acceptors (Lipinski definition) is 8. The van der Waals surface area contributed by atoms with Crippen molar-refractivity contribution in [2.24, 2.45) is 0 Å². The van der Waals surface area contributed by atoms with Crippen LogP contribution < -0.4 is 5.32 Å². The van der Waals surface area contributed by atoms with Crippen LogP contribution in [0.25, 0.3) is 0 Å². The highest BCUT2D eigenvalue weighted by atomic mass is 16.7. The molecule has 0 spiro atoms. The van der Waals surface area contributed by atoms with Crippen molar-refractivity contribution < 1.29 is 39.8 Å². The first-order chi connectivity index (χ1) is 22.8. The summed E-state index contributed by atoms with van der Waals surface area (Å²) in [5.41, 5.74) is 0. The van der Waals surface area contributed by atoms with Crippen molar-refractivity contribution in [3.63, 3.8) is 0 Å². The fraction of sp³-hybridized carbons (Fsp3) is 0.711. The molecular formula is C38H65NO8. The quantitative estimate of drug-likeness (QED) is 0.0372. The maximum atomic E-state index is 12.8. The number of amides is 1. The fourth-order valence-electron chi connectivity index (χ4n) is 5.18. The highest BCUT2D eigenvalue weighted by molar-refractivity contribution is 5.76. The molecule has 1 fully saturated rings. The van der Waals surface area contributed by atoms with Crippen molar-refractivity contribution in [2.75, 3.05) is 13.2 Å². The smallest absolute Gasteiger partial charge is 0.220 e. The van der Waals surface area contributed by atoms with Crippen LogP contribution in [-0.4, -0.2) is 87.5 Å². The van der Waals surface area contributed by atoms with Gasteiger partial charge in [-0.15, -0.1) is 0 Å². The van der Waals surface area contributed by atoms with E-state index >= 15 is 0 Å². The van der Waals surface area contributed by atoms with Gasteiger partial charge in [-0.25, -0.2) is 0 Å². The Hall–Kier alpha value is -2.11. The van der Waals surface area contributed by atoms with Gasteiger partial charge in [-0.1, -0.05) is 106 Å². The molecule has 0 aromatic heterocycles. The van der Waals surface area contributed by atoms with E-state index in [0.717, 1.165) is 70.6 Å². The maximum Gasteiger partial charge on any atom is 0.220 e. The molecule has 9 heteroatoms. The molecule has 0 radical (unpaired) electrons. The van der Waals surface area contributed by atoms with Crippen molar-refractivity contribution in [3.05, 3.63) is 60.8 Å². The Morgan fingerprint density at radius 2 is 1.36 bits per heavy atom. The molecule has 1 heterocycles. The number of hydrogen-bond donors (Lipinski definition) is 6. The summed E-state index contributed by atoms with van der Waals surface area (Å²) >= 11 is 0. The molecule has 0 aliphatic carbocycles. The number of carbonyl (C=O) groups is 1. The molecule has 1 saturated heterocycles. The third-order valence-electron chi connectivity index (χ3n) is 8.17. The van der Waals surface area contributed by atoms with Crippen LogP contribution in [0.5, 0.6) is 0 Å². The lowest BCUT2D eigenvalue weighted by atomic mass is 9.99. The number of ether oxygens (including phenoxy) is 2. The van der Waals surface area contributed by atoms with Crippen molar-refractivity contribution in [3.8, 4) is 0 Å². The Bertz CT molecular complexity index is 915. The van der Waals surface area contributed by atoms with E-state index in [-0.39, 0.29) is 12.5 Å². The first-order valence-corrected chi connectivity index (χ1v) is 18.0. The molecule has 0 bridgehead atoms. The number of nitrogens with one attached hydrogen (secondary N) is 1. The van der Waals surface area contributed by atoms with E-state index in [4.69, 9.17) is 9.47 Å². The van der Waals surface area contributed by atoms with Gasteiger partial charge in [-0.3, -0.25) is 4.79 Å². The molecule has 9 nitrogen and oxygen atoms in total. The predicted octanol–water partition coefficient (Wildman–Crippen LogP) is 5.71. The Labute approximate surface area is 284 Å². The second kappa shape index (κ2) is 28.9. The summed E-state index contributed by atoms with van der Waals surface area (Å²) in [5.74, 6) is -0.211. The topological polar surface area (TPSA) is 149 Å². The molecule has 7 atom stereocenters. The summed E-state index contributed by atoms with van der Waals surface area (Å²) in [4.78, 5) is 12.8. The van der Waals surface area contributed by atoms with Gasteiger partial charge in [0.05, 0.1) is 25.4 Å². The van der Waals surface area contributed by atoms with Crippen molar-refractivity contribution in [1.29, 1.82) is 0 Å². The van der Waals surface area contributed by atoms with Gasteiger partial charge in [0.1, 0.15) is 24.4 Å². The summed E-state index contributed by atoms with van der Waals surface area (Å²) < 4.78 is 11.1. The molecule has 6 N–H and O–H groups in total. The molecule has 270 valence electrons. The third-order valence-corrected chi connectivity index (χ3v) is 8.17. The Morgan fingerprint density at radius 1 is 0.766 bits per heavy atom. The van der Waals surface area contributed by atoms with E-state index in [0.29, 0.717) is 6.42 Å². The van der Waals surface area contributed by atoms with Gasteiger partial charge in [0, 0.05) is 6.42 Å². The Balaban J connectivity index is 2.49. The van der Waals surface area contributed by atoms with Crippen LogP contribution in [0.1, 0.15) is 117 Å². The minimum Gasteiger partial charge on any atom is -0.394 e. The molecule has 1 aliphatic heterocycles. The Kier molecular flexibility index (Phi) is 26.4. The lowest BCUT2D eigenvalue weighted by Gasteiger charge is -2.40. The molecule has 1 rings (SSSR count). The van der Waals surface area contributed by atoms with E-state index in [9.17, 15) is 30.3 Å². The van der Waals surface area contributed by atoms with E-state index in [1.54, 1.807) is 6.08 Å². The zero-order valence-corrected chi connectivity index (χ0v) is 29.0. The average molecular weight is 664 g/mol. The summed E-state index contributed by atoms with van der Waals surface area (Å²) in [7, 11) is 0. The van der Waals surface area contributed by atoms with E-state index in [2.05, 4.69) is 54.8 Å². The molecule has 0 aromatic rings. The molecule has 1 aliphatic rings. The molecular weight excluding hydrogens is 598 g/mol. The number of aliphatic hydroxyl groups is 5. The zero-order valence-electron chi connectivity index (χ0n) is 29.0. The van der Waals surface area contributed by atoms with Crippen LogP contribution in [0.15, 0.2) is 60.8 Å². The second-order valence-electron chi connectivity index (χ2n) is 12.3. The van der Waals surface area contributed by atoms with Crippen LogP contribution in [0.4, 0.5) is 0 Å². The number of aliphatic hydroxyl groups excluding tert-OH is 5. The summed E-state index contributed by atoms with van der Waals surface area (Å²) in [6.07, 6.45) is 28.6. The average Bonchev–Trinajstić information content (AvgIpc) is 3.07. The van der Waals surface area contributed by atoms with Crippen molar-refractivity contribution in [1.82, 2.24) is 5.32 Å². The van der Waals surface area contributed by atoms with Gasteiger partial charge in [-0.2, -0.15) is 0 Å². The first kappa shape index (κ1) is 42.9. The summed E-state index contributed by atoms with van der Waals surface area (Å²) in [5, 5.41) is 53.7. The largest absolute Gasteiger partial charge is 0.394 e. The molecule has 1 amide bonds. The van der Waals surface area contributed by atoms with Crippen LogP contribution in [-0.2, 0) is 14.3 Å². The predicted molar refractivity (Wildman–Crippen MR) is 189 cm³/mol. The highest BCUT2D eigenvalue weighted by Crippen LogP contribution is 2.22. The maximum absolute atomic E-state index is 12.8. The van der Waals surface area contributed by atoms with Crippen LogP contribution in [0.3, 0.4) is 0 Å². The summed E-state index contributed by atoms with van der Waals surface area (Å²) in [6, 6.07) is -0.832. The lowest BCUT2D eigenvalue weighted by Crippen LogP contribution is -2.60. The highest BCUT2D eigenvalue weighted by Gasteiger charge is 2.44. The van der Waals surface area contributed by atoms with E-state index < -0.39 is 49.5 Å².